The zero-order valence-corrected chi connectivity index (χ0v) is 8.53. The number of hydrogen-bond acceptors (Lipinski definition) is 3. The molecule has 0 saturated carbocycles. The summed E-state index contributed by atoms with van der Waals surface area (Å²) in [5.74, 6) is -0.660. The van der Waals surface area contributed by atoms with Crippen LogP contribution in [-0.4, -0.2) is 18.4 Å². The quantitative estimate of drug-likeness (QED) is 0.557. The van der Waals surface area contributed by atoms with Crippen LogP contribution in [0.15, 0.2) is 30.8 Å². The standard InChI is InChI=1S/C12H12O3/c1-3-10-4-6-11(7-5-10)12(14)8-15-9(2)13/h3-7H,1,8H2,2H3. The fraction of sp³-hybridized carbons (Fsp3) is 0.167. The lowest BCUT2D eigenvalue weighted by molar-refractivity contribution is -0.139. The minimum atomic E-state index is -0.453. The molecular formula is C12H12O3. The Kier molecular flexibility index (Phi) is 3.80. The van der Waals surface area contributed by atoms with Gasteiger partial charge in [-0.15, -0.1) is 0 Å². The van der Waals surface area contributed by atoms with Crippen LogP contribution >= 0.6 is 0 Å². The number of Topliss-reactive ketones (excluding diaryl/α,β-unsaturated/α-hetero) is 1. The molecule has 0 fully saturated rings. The first-order chi connectivity index (χ1) is 7.13. The van der Waals surface area contributed by atoms with E-state index >= 15 is 0 Å². The summed E-state index contributed by atoms with van der Waals surface area (Å²) in [6, 6.07) is 6.94. The molecule has 0 spiro atoms. The predicted octanol–water partition coefficient (Wildman–Crippen LogP) is 2.08. The first-order valence-electron chi connectivity index (χ1n) is 4.52. The van der Waals surface area contributed by atoms with E-state index in [2.05, 4.69) is 11.3 Å². The second-order valence-corrected chi connectivity index (χ2v) is 3.03. The molecule has 1 aromatic carbocycles. The van der Waals surface area contributed by atoms with E-state index in [1.54, 1.807) is 30.3 Å². The number of hydrogen-bond donors (Lipinski definition) is 0. The molecule has 15 heavy (non-hydrogen) atoms. The summed E-state index contributed by atoms with van der Waals surface area (Å²) >= 11 is 0. The van der Waals surface area contributed by atoms with Gasteiger partial charge in [0.05, 0.1) is 0 Å². The van der Waals surface area contributed by atoms with Gasteiger partial charge in [-0.1, -0.05) is 36.9 Å². The predicted molar refractivity (Wildman–Crippen MR) is 57.5 cm³/mol. The minimum absolute atomic E-state index is 0.206. The number of rotatable bonds is 4. The molecule has 0 unspecified atom stereocenters. The highest BCUT2D eigenvalue weighted by molar-refractivity contribution is 5.98. The van der Waals surface area contributed by atoms with Crippen molar-refractivity contribution in [2.24, 2.45) is 0 Å². The normalized spacial score (nSPS) is 9.40. The van der Waals surface area contributed by atoms with Crippen LogP contribution < -0.4 is 0 Å². The highest BCUT2D eigenvalue weighted by Crippen LogP contribution is 2.06. The summed E-state index contributed by atoms with van der Waals surface area (Å²) < 4.78 is 4.61. The van der Waals surface area contributed by atoms with Crippen molar-refractivity contribution in [2.45, 2.75) is 6.92 Å². The summed E-state index contributed by atoms with van der Waals surface area (Å²) in [6.07, 6.45) is 1.69. The molecule has 1 rings (SSSR count). The molecule has 78 valence electrons. The van der Waals surface area contributed by atoms with Crippen molar-refractivity contribution >= 4 is 17.8 Å². The molecule has 0 radical (unpaired) electrons. The monoisotopic (exact) mass is 204 g/mol. The van der Waals surface area contributed by atoms with E-state index in [9.17, 15) is 9.59 Å². The van der Waals surface area contributed by atoms with Gasteiger partial charge >= 0.3 is 5.97 Å². The topological polar surface area (TPSA) is 43.4 Å². The van der Waals surface area contributed by atoms with Gasteiger partial charge in [-0.05, 0) is 5.56 Å². The Balaban J connectivity index is 2.66. The molecule has 3 nitrogen and oxygen atoms in total. The van der Waals surface area contributed by atoms with Gasteiger partial charge in [0.1, 0.15) is 0 Å². The van der Waals surface area contributed by atoms with Crippen LogP contribution in [0.2, 0.25) is 0 Å². The van der Waals surface area contributed by atoms with Crippen LogP contribution in [-0.2, 0) is 9.53 Å². The number of carbonyl (C=O) groups is 2. The highest BCUT2D eigenvalue weighted by Gasteiger charge is 2.06. The van der Waals surface area contributed by atoms with Gasteiger partial charge in [0.25, 0.3) is 0 Å². The van der Waals surface area contributed by atoms with Gasteiger partial charge < -0.3 is 4.74 Å². The van der Waals surface area contributed by atoms with Crippen LogP contribution in [0.1, 0.15) is 22.8 Å². The molecule has 0 amide bonds. The Morgan fingerprint density at radius 3 is 2.40 bits per heavy atom. The lowest BCUT2D eigenvalue weighted by atomic mass is 10.1. The van der Waals surface area contributed by atoms with Crippen molar-refractivity contribution in [1.82, 2.24) is 0 Å². The number of ether oxygens (including phenoxy) is 1. The third kappa shape index (κ3) is 3.38. The molecule has 0 aromatic heterocycles. The summed E-state index contributed by atoms with van der Waals surface area (Å²) in [7, 11) is 0. The van der Waals surface area contributed by atoms with Gasteiger partial charge in [-0.25, -0.2) is 0 Å². The van der Waals surface area contributed by atoms with Crippen molar-refractivity contribution < 1.29 is 14.3 Å². The van der Waals surface area contributed by atoms with E-state index in [1.807, 2.05) is 0 Å². The van der Waals surface area contributed by atoms with Crippen LogP contribution in [0.25, 0.3) is 6.08 Å². The van der Waals surface area contributed by atoms with Crippen molar-refractivity contribution in [1.29, 1.82) is 0 Å². The SMILES string of the molecule is C=Cc1ccc(C(=O)COC(C)=O)cc1. The second-order valence-electron chi connectivity index (χ2n) is 3.03. The lowest BCUT2D eigenvalue weighted by Gasteiger charge is -2.01. The van der Waals surface area contributed by atoms with Gasteiger partial charge in [-0.3, -0.25) is 9.59 Å². The van der Waals surface area contributed by atoms with Gasteiger partial charge in [0.15, 0.2) is 12.4 Å². The van der Waals surface area contributed by atoms with E-state index < -0.39 is 5.97 Å². The number of ketones is 1. The molecule has 0 aliphatic carbocycles. The van der Waals surface area contributed by atoms with E-state index in [0.717, 1.165) is 5.56 Å². The maximum Gasteiger partial charge on any atom is 0.303 e. The van der Waals surface area contributed by atoms with Crippen LogP contribution in [0.3, 0.4) is 0 Å². The molecule has 0 aliphatic rings. The third-order valence-corrected chi connectivity index (χ3v) is 1.87. The summed E-state index contributed by atoms with van der Waals surface area (Å²) in [6.45, 7) is 4.68. The van der Waals surface area contributed by atoms with E-state index in [-0.39, 0.29) is 12.4 Å². The fourth-order valence-electron chi connectivity index (χ4n) is 1.06. The van der Waals surface area contributed by atoms with E-state index in [4.69, 9.17) is 0 Å². The Morgan fingerprint density at radius 1 is 1.33 bits per heavy atom. The molecule has 0 N–H and O–H groups in total. The van der Waals surface area contributed by atoms with E-state index in [0.29, 0.717) is 5.56 Å². The molecule has 0 saturated heterocycles. The molecule has 0 atom stereocenters. The lowest BCUT2D eigenvalue weighted by Crippen LogP contribution is -2.11. The van der Waals surface area contributed by atoms with Crippen molar-refractivity contribution in [3.8, 4) is 0 Å². The highest BCUT2D eigenvalue weighted by atomic mass is 16.5. The van der Waals surface area contributed by atoms with Gasteiger partial charge in [0.2, 0.25) is 0 Å². The van der Waals surface area contributed by atoms with Crippen molar-refractivity contribution in [3.05, 3.63) is 42.0 Å². The number of benzene rings is 1. The first-order valence-corrected chi connectivity index (χ1v) is 4.52. The average molecular weight is 204 g/mol. The van der Waals surface area contributed by atoms with Crippen LogP contribution in [0.5, 0.6) is 0 Å². The zero-order chi connectivity index (χ0) is 11.3. The van der Waals surface area contributed by atoms with Crippen molar-refractivity contribution in [3.63, 3.8) is 0 Å². The summed E-state index contributed by atoms with van der Waals surface area (Å²) in [4.78, 5) is 21.9. The van der Waals surface area contributed by atoms with Crippen LogP contribution in [0.4, 0.5) is 0 Å². The van der Waals surface area contributed by atoms with Gasteiger partial charge in [-0.2, -0.15) is 0 Å². The summed E-state index contributed by atoms with van der Waals surface area (Å²) in [5, 5.41) is 0. The molecule has 0 aliphatic heterocycles. The Labute approximate surface area is 88.4 Å². The smallest absolute Gasteiger partial charge is 0.303 e. The van der Waals surface area contributed by atoms with Crippen molar-refractivity contribution in [2.75, 3.05) is 6.61 Å². The number of carbonyl (C=O) groups excluding carboxylic acids is 2. The van der Waals surface area contributed by atoms with Crippen LogP contribution in [0, 0.1) is 0 Å². The zero-order valence-electron chi connectivity index (χ0n) is 8.53. The maximum atomic E-state index is 11.4. The molecule has 0 bridgehead atoms. The maximum absolute atomic E-state index is 11.4. The molecule has 3 heteroatoms. The van der Waals surface area contributed by atoms with Gasteiger partial charge in [0, 0.05) is 12.5 Å². The van der Waals surface area contributed by atoms with E-state index in [1.165, 1.54) is 6.92 Å². The molecule has 0 heterocycles. The Hall–Kier alpha value is -1.90. The molecular weight excluding hydrogens is 192 g/mol. The Morgan fingerprint density at radius 2 is 1.93 bits per heavy atom. The minimum Gasteiger partial charge on any atom is -0.457 e. The largest absolute Gasteiger partial charge is 0.457 e. The fourth-order valence-corrected chi connectivity index (χ4v) is 1.06. The summed E-state index contributed by atoms with van der Waals surface area (Å²) in [5.41, 5.74) is 1.47. The second kappa shape index (κ2) is 5.10. The number of esters is 1. The third-order valence-electron chi connectivity index (χ3n) is 1.87. The molecule has 1 aromatic rings. The Bertz CT molecular complexity index is 376. The first kappa shape index (κ1) is 11.2. The average Bonchev–Trinajstić information content (AvgIpc) is 2.26.